The Morgan fingerprint density at radius 1 is 1.30 bits per heavy atom. The van der Waals surface area contributed by atoms with Crippen LogP contribution in [0.2, 0.25) is 0 Å². The molecule has 1 N–H and O–H groups in total. The number of hydrogen-bond acceptors (Lipinski definition) is 6. The van der Waals surface area contributed by atoms with Gasteiger partial charge in [-0.1, -0.05) is 0 Å². The Balaban J connectivity index is 1.80. The smallest absolute Gasteiger partial charge is 0.219 e. The van der Waals surface area contributed by atoms with Crippen LogP contribution in [-0.2, 0) is 4.79 Å². The van der Waals surface area contributed by atoms with E-state index < -0.39 is 0 Å². The van der Waals surface area contributed by atoms with Gasteiger partial charge in [-0.05, 0) is 27.2 Å². The van der Waals surface area contributed by atoms with Crippen molar-refractivity contribution < 1.29 is 4.79 Å². The van der Waals surface area contributed by atoms with Crippen molar-refractivity contribution in [1.29, 1.82) is 0 Å². The number of carbonyl (C=O) groups is 1. The van der Waals surface area contributed by atoms with Crippen molar-refractivity contribution in [3.63, 3.8) is 0 Å². The fourth-order valence-corrected chi connectivity index (χ4v) is 3.61. The maximum atomic E-state index is 11.5. The fourth-order valence-electron chi connectivity index (χ4n) is 2.79. The normalized spacial score (nSPS) is 17.6. The zero-order valence-corrected chi connectivity index (χ0v) is 14.7. The van der Waals surface area contributed by atoms with E-state index in [1.54, 1.807) is 18.3 Å². The van der Waals surface area contributed by atoms with Crippen molar-refractivity contribution in [2.45, 2.75) is 40.0 Å². The van der Waals surface area contributed by atoms with Gasteiger partial charge in [-0.15, -0.1) is 11.3 Å². The molecule has 3 heterocycles. The SMILES string of the molecule is CC(=O)N1CC[C@H](c2cc(Nc3nc(C)c(C)s3)nc(C)n2)C1. The van der Waals surface area contributed by atoms with Crippen LogP contribution in [0.1, 0.15) is 41.4 Å². The lowest BCUT2D eigenvalue weighted by Gasteiger charge is -2.14. The Morgan fingerprint density at radius 2 is 2.09 bits per heavy atom. The Kier molecular flexibility index (Phi) is 4.30. The number of aromatic nitrogens is 3. The van der Waals surface area contributed by atoms with Crippen LogP contribution < -0.4 is 5.32 Å². The van der Waals surface area contributed by atoms with Crippen LogP contribution in [0.4, 0.5) is 10.9 Å². The van der Waals surface area contributed by atoms with E-state index in [1.165, 1.54) is 4.88 Å². The van der Waals surface area contributed by atoms with Crippen molar-refractivity contribution in [2.75, 3.05) is 18.4 Å². The first-order chi connectivity index (χ1) is 10.9. The van der Waals surface area contributed by atoms with E-state index in [1.807, 2.05) is 24.8 Å². The highest BCUT2D eigenvalue weighted by Crippen LogP contribution is 2.29. The summed E-state index contributed by atoms with van der Waals surface area (Å²) in [5.74, 6) is 1.91. The van der Waals surface area contributed by atoms with E-state index in [0.29, 0.717) is 0 Å². The number of likely N-dealkylation sites (tertiary alicyclic amines) is 1. The van der Waals surface area contributed by atoms with E-state index in [2.05, 4.69) is 27.2 Å². The second-order valence-corrected chi connectivity index (χ2v) is 7.16. The van der Waals surface area contributed by atoms with Crippen LogP contribution in [-0.4, -0.2) is 38.8 Å². The van der Waals surface area contributed by atoms with Crippen molar-refractivity contribution >= 4 is 28.2 Å². The molecule has 23 heavy (non-hydrogen) atoms. The van der Waals surface area contributed by atoms with Crippen molar-refractivity contribution in [3.8, 4) is 0 Å². The average molecular weight is 331 g/mol. The van der Waals surface area contributed by atoms with Crippen LogP contribution in [0.3, 0.4) is 0 Å². The molecule has 1 fully saturated rings. The summed E-state index contributed by atoms with van der Waals surface area (Å²) in [5.41, 5.74) is 2.03. The van der Waals surface area contributed by atoms with Gasteiger partial charge >= 0.3 is 0 Å². The largest absolute Gasteiger partial charge is 0.342 e. The predicted molar refractivity (Wildman–Crippen MR) is 91.3 cm³/mol. The number of anilines is 2. The highest BCUT2D eigenvalue weighted by Gasteiger charge is 2.27. The van der Waals surface area contributed by atoms with Crippen molar-refractivity contribution in [3.05, 3.63) is 28.2 Å². The lowest BCUT2D eigenvalue weighted by Crippen LogP contribution is -2.25. The molecule has 1 amide bonds. The number of thiazole rings is 1. The number of hydrogen-bond donors (Lipinski definition) is 1. The topological polar surface area (TPSA) is 71.0 Å². The van der Waals surface area contributed by atoms with Crippen LogP contribution in [0.5, 0.6) is 0 Å². The number of amides is 1. The molecule has 1 saturated heterocycles. The third kappa shape index (κ3) is 3.50. The molecule has 2 aromatic heterocycles. The predicted octanol–water partition coefficient (Wildman–Crippen LogP) is 2.94. The van der Waals surface area contributed by atoms with Gasteiger partial charge in [-0.25, -0.2) is 15.0 Å². The molecule has 0 unspecified atom stereocenters. The number of rotatable bonds is 3. The lowest BCUT2D eigenvalue weighted by atomic mass is 10.0. The van der Waals surface area contributed by atoms with Crippen LogP contribution in [0.25, 0.3) is 0 Å². The highest BCUT2D eigenvalue weighted by molar-refractivity contribution is 7.15. The lowest BCUT2D eigenvalue weighted by molar-refractivity contribution is -0.127. The van der Waals surface area contributed by atoms with E-state index >= 15 is 0 Å². The summed E-state index contributed by atoms with van der Waals surface area (Å²) in [4.78, 5) is 28.1. The van der Waals surface area contributed by atoms with Gasteiger partial charge < -0.3 is 10.2 Å². The molecule has 122 valence electrons. The molecule has 1 atom stereocenters. The zero-order chi connectivity index (χ0) is 16.6. The molecular formula is C16H21N5OS. The number of nitrogens with zero attached hydrogens (tertiary/aromatic N) is 4. The molecule has 0 aliphatic carbocycles. The maximum Gasteiger partial charge on any atom is 0.219 e. The molecule has 0 radical (unpaired) electrons. The molecule has 0 spiro atoms. The summed E-state index contributed by atoms with van der Waals surface area (Å²) >= 11 is 1.62. The number of aryl methyl sites for hydroxylation is 3. The summed E-state index contributed by atoms with van der Waals surface area (Å²) in [6.45, 7) is 9.11. The first-order valence-electron chi connectivity index (χ1n) is 7.74. The van der Waals surface area contributed by atoms with Gasteiger partial charge in [-0.2, -0.15) is 0 Å². The van der Waals surface area contributed by atoms with Gasteiger partial charge in [0, 0.05) is 36.9 Å². The summed E-state index contributed by atoms with van der Waals surface area (Å²) in [6.07, 6.45) is 0.949. The first-order valence-corrected chi connectivity index (χ1v) is 8.56. The van der Waals surface area contributed by atoms with Gasteiger partial charge in [0.15, 0.2) is 5.13 Å². The molecule has 6 nitrogen and oxygen atoms in total. The molecule has 0 bridgehead atoms. The van der Waals surface area contributed by atoms with Crippen LogP contribution in [0.15, 0.2) is 6.07 Å². The van der Waals surface area contributed by atoms with Gasteiger partial charge in [0.1, 0.15) is 11.6 Å². The van der Waals surface area contributed by atoms with Crippen molar-refractivity contribution in [1.82, 2.24) is 19.9 Å². The number of carbonyl (C=O) groups excluding carboxylic acids is 1. The van der Waals surface area contributed by atoms with Gasteiger partial charge in [0.05, 0.1) is 11.4 Å². The van der Waals surface area contributed by atoms with Gasteiger partial charge in [0.25, 0.3) is 0 Å². The molecule has 0 saturated carbocycles. The zero-order valence-electron chi connectivity index (χ0n) is 13.9. The van der Waals surface area contributed by atoms with Gasteiger partial charge in [0.2, 0.25) is 5.91 Å². The monoisotopic (exact) mass is 331 g/mol. The summed E-state index contributed by atoms with van der Waals surface area (Å²) in [6, 6.07) is 1.98. The van der Waals surface area contributed by atoms with Crippen LogP contribution >= 0.6 is 11.3 Å². The average Bonchev–Trinajstić information content (AvgIpc) is 3.06. The third-order valence-corrected chi connectivity index (χ3v) is 5.16. The van der Waals surface area contributed by atoms with Gasteiger partial charge in [-0.3, -0.25) is 4.79 Å². The quantitative estimate of drug-likeness (QED) is 0.936. The Hall–Kier alpha value is -2.02. The van der Waals surface area contributed by atoms with E-state index in [-0.39, 0.29) is 11.8 Å². The molecular weight excluding hydrogens is 310 g/mol. The highest BCUT2D eigenvalue weighted by atomic mass is 32.1. The molecule has 0 aromatic carbocycles. The molecule has 2 aromatic rings. The summed E-state index contributed by atoms with van der Waals surface area (Å²) < 4.78 is 0. The van der Waals surface area contributed by atoms with Crippen molar-refractivity contribution in [2.24, 2.45) is 0 Å². The van der Waals surface area contributed by atoms with E-state index in [9.17, 15) is 4.79 Å². The molecule has 1 aliphatic rings. The minimum absolute atomic E-state index is 0.130. The summed E-state index contributed by atoms with van der Waals surface area (Å²) in [7, 11) is 0. The van der Waals surface area contributed by atoms with E-state index in [0.717, 1.165) is 47.7 Å². The second kappa shape index (κ2) is 6.23. The first kappa shape index (κ1) is 15.9. The van der Waals surface area contributed by atoms with Crippen LogP contribution in [0, 0.1) is 20.8 Å². The molecule has 7 heteroatoms. The Bertz CT molecular complexity index is 723. The molecule has 1 aliphatic heterocycles. The minimum atomic E-state index is 0.130. The maximum absolute atomic E-state index is 11.5. The van der Waals surface area contributed by atoms with E-state index in [4.69, 9.17) is 0 Å². The second-order valence-electron chi connectivity index (χ2n) is 5.96. The minimum Gasteiger partial charge on any atom is -0.342 e. The fraction of sp³-hybridized carbons (Fsp3) is 0.500. The molecule has 3 rings (SSSR count). The number of nitrogens with one attached hydrogen (secondary N) is 1. The third-order valence-electron chi connectivity index (χ3n) is 4.17. The Labute approximate surface area is 140 Å². The Morgan fingerprint density at radius 3 is 2.70 bits per heavy atom. The summed E-state index contributed by atoms with van der Waals surface area (Å²) in [5, 5.41) is 4.13. The standard InChI is InChI=1S/C16H21N5OS/c1-9-10(2)23-16(17-9)20-15-7-14(18-11(3)19-15)13-5-6-21(8-13)12(4)22/h7,13H,5-6,8H2,1-4H3,(H,17,18,19,20)/t13-/m0/s1.